The van der Waals surface area contributed by atoms with Crippen LogP contribution in [0.15, 0.2) is 108 Å². The van der Waals surface area contributed by atoms with Crippen LogP contribution in [0.25, 0.3) is 22.3 Å². The predicted molar refractivity (Wildman–Crippen MR) is 230 cm³/mol. The molecule has 4 heterocycles. The molecule has 2 aromatic carbocycles. The van der Waals surface area contributed by atoms with Crippen LogP contribution in [0.2, 0.25) is 0 Å². The van der Waals surface area contributed by atoms with E-state index in [1.165, 1.54) is 49.3 Å². The predicted octanol–water partition coefficient (Wildman–Crippen LogP) is 7.09. The number of benzene rings is 2. The van der Waals surface area contributed by atoms with Crippen molar-refractivity contribution in [2.75, 3.05) is 0 Å². The van der Waals surface area contributed by atoms with Crippen LogP contribution >= 0.6 is 0 Å². The maximum Gasteiger partial charge on any atom is 0.307 e. The number of nitrogens with one attached hydrogen (secondary N) is 1. The molecule has 0 unspecified atom stereocenters. The first-order valence-corrected chi connectivity index (χ1v) is 23.2. The Morgan fingerprint density at radius 3 is 1.57 bits per heavy atom. The lowest BCUT2D eigenvalue weighted by Gasteiger charge is -2.18. The van der Waals surface area contributed by atoms with Crippen molar-refractivity contribution >= 4 is 31.9 Å². The fourth-order valence-corrected chi connectivity index (χ4v) is 8.30. The summed E-state index contributed by atoms with van der Waals surface area (Å²) in [7, 11) is -7.72. The second-order valence-electron chi connectivity index (χ2n) is 15.9. The maximum absolute atomic E-state index is 14.3. The Hall–Kier alpha value is -6.18. The number of hydrogen-bond acceptors (Lipinski definition) is 10. The number of amides is 1. The minimum absolute atomic E-state index is 0.0469. The molecule has 15 nitrogen and oxygen atoms in total. The smallest absolute Gasteiger partial charge is 0.307 e. The Kier molecular flexibility index (Phi) is 14.3. The second kappa shape index (κ2) is 19.5. The molecule has 2 fully saturated rings. The summed E-state index contributed by atoms with van der Waals surface area (Å²) < 4.78 is 80.7. The van der Waals surface area contributed by atoms with Crippen LogP contribution in [0.3, 0.4) is 0 Å². The molecule has 2 aliphatic carbocycles. The SMILES string of the molecule is CC(C)c1cc(F)cc(-c2cccnc2)c1CC(=O)NS(=O)(=O)c1cn(C2CC2)cn1.CC(C)c1cc(F)cc(-c2cccnc2)c1CC(=O)O.NS(=O)(=O)c1cn(C2CC2)cn1. The number of halogens is 2. The third-order valence-electron chi connectivity index (χ3n) is 10.3. The van der Waals surface area contributed by atoms with Gasteiger partial charge < -0.3 is 14.2 Å². The molecule has 1 amide bonds. The first kappa shape index (κ1) is 46.3. The van der Waals surface area contributed by atoms with E-state index in [1.54, 1.807) is 58.2 Å². The summed E-state index contributed by atoms with van der Waals surface area (Å²) in [6.07, 6.45) is 16.1. The van der Waals surface area contributed by atoms with E-state index < -0.39 is 37.7 Å². The highest BCUT2D eigenvalue weighted by atomic mass is 32.2. The molecule has 2 aliphatic rings. The molecular formula is C44H48F2N8O7S2. The lowest BCUT2D eigenvalue weighted by Crippen LogP contribution is -2.32. The lowest BCUT2D eigenvalue weighted by atomic mass is 9.88. The van der Waals surface area contributed by atoms with Crippen molar-refractivity contribution in [3.05, 3.63) is 132 Å². The number of hydrogen-bond donors (Lipinski definition) is 3. The Balaban J connectivity index is 0.000000175. The van der Waals surface area contributed by atoms with Gasteiger partial charge in [0.1, 0.15) is 11.6 Å². The molecule has 332 valence electrons. The van der Waals surface area contributed by atoms with Gasteiger partial charge >= 0.3 is 5.97 Å². The van der Waals surface area contributed by atoms with Gasteiger partial charge in [0.25, 0.3) is 20.0 Å². The Bertz CT molecular complexity index is 2810. The monoisotopic (exact) mass is 902 g/mol. The molecular weight excluding hydrogens is 855 g/mol. The van der Waals surface area contributed by atoms with Gasteiger partial charge in [-0.1, -0.05) is 39.8 Å². The summed E-state index contributed by atoms with van der Waals surface area (Å²) in [5.74, 6) is -2.44. The van der Waals surface area contributed by atoms with E-state index in [-0.39, 0.29) is 46.6 Å². The molecule has 8 rings (SSSR count). The standard InChI is InChI=1S/C22H23FN4O3S.C16H16FNO2.C6H9N3O2S/c1-14(2)18-8-16(23)9-19(15-4-3-7-24-11-15)20(18)10-21(28)26-31(29,30)22-12-27(13-25-22)17-5-6-17;1-10(2)13-6-12(17)7-14(15(13)8-16(19)20)11-4-3-5-18-9-11;7-12(10,11)6-3-9(4-8-6)5-1-2-5/h3-4,7-9,11-14,17H,5-6,10H2,1-2H3,(H,26,28);3-7,9-10H,8H2,1-2H3,(H,19,20);3-5H,1-2H2,(H2,7,10,11). The van der Waals surface area contributed by atoms with Gasteiger partial charge in [-0.15, -0.1) is 0 Å². The number of nitrogens with two attached hydrogens (primary N) is 1. The Morgan fingerprint density at radius 1 is 0.746 bits per heavy atom. The molecule has 6 aromatic rings. The number of rotatable bonds is 13. The van der Waals surface area contributed by atoms with Crippen molar-refractivity contribution < 1.29 is 40.3 Å². The van der Waals surface area contributed by atoms with E-state index in [9.17, 15) is 35.2 Å². The van der Waals surface area contributed by atoms with E-state index in [4.69, 9.17) is 10.2 Å². The van der Waals surface area contributed by atoms with Crippen molar-refractivity contribution in [3.63, 3.8) is 0 Å². The summed E-state index contributed by atoms with van der Waals surface area (Å²) in [4.78, 5) is 39.6. The number of nitrogens with zero attached hydrogens (tertiary/aromatic N) is 6. The lowest BCUT2D eigenvalue weighted by molar-refractivity contribution is -0.136. The molecule has 2 saturated carbocycles. The van der Waals surface area contributed by atoms with Gasteiger partial charge in [0.15, 0.2) is 10.1 Å². The summed E-state index contributed by atoms with van der Waals surface area (Å²) in [6, 6.07) is 13.3. The number of imidazole rings is 2. The van der Waals surface area contributed by atoms with Crippen LogP contribution < -0.4 is 9.86 Å². The molecule has 0 aliphatic heterocycles. The van der Waals surface area contributed by atoms with Crippen molar-refractivity contribution in [1.29, 1.82) is 0 Å². The molecule has 0 atom stereocenters. The molecule has 0 radical (unpaired) electrons. The average molecular weight is 903 g/mol. The van der Waals surface area contributed by atoms with Gasteiger partial charge in [-0.25, -0.2) is 37.0 Å². The number of carbonyl (C=O) groups is 2. The van der Waals surface area contributed by atoms with Crippen molar-refractivity contribution in [1.82, 2.24) is 33.8 Å². The van der Waals surface area contributed by atoms with Crippen LogP contribution in [0, 0.1) is 11.6 Å². The highest BCUT2D eigenvalue weighted by molar-refractivity contribution is 7.90. The summed E-state index contributed by atoms with van der Waals surface area (Å²) in [6.45, 7) is 7.63. The molecule has 0 saturated heterocycles. The van der Waals surface area contributed by atoms with Gasteiger partial charge in [-0.05, 0) is 107 Å². The molecule has 63 heavy (non-hydrogen) atoms. The quantitative estimate of drug-likeness (QED) is 0.106. The minimum Gasteiger partial charge on any atom is -0.481 e. The Labute approximate surface area is 364 Å². The average Bonchev–Trinajstić information content (AvgIpc) is 4.16. The van der Waals surface area contributed by atoms with Crippen LogP contribution in [-0.4, -0.2) is 62.9 Å². The van der Waals surface area contributed by atoms with Gasteiger partial charge in [0, 0.05) is 60.4 Å². The fourth-order valence-electron chi connectivity index (χ4n) is 6.92. The number of carboxylic acid groups (broad SMARTS) is 1. The van der Waals surface area contributed by atoms with Gasteiger partial charge in [0.05, 0.1) is 25.5 Å². The molecule has 0 spiro atoms. The normalized spacial score (nSPS) is 13.8. The summed E-state index contributed by atoms with van der Waals surface area (Å²) in [5.41, 5.74) is 5.09. The van der Waals surface area contributed by atoms with Crippen molar-refractivity contribution in [3.8, 4) is 22.3 Å². The molecule has 4 aromatic heterocycles. The first-order valence-electron chi connectivity index (χ1n) is 20.1. The zero-order valence-electron chi connectivity index (χ0n) is 35.0. The third kappa shape index (κ3) is 12.3. The number of sulfonamides is 2. The molecule has 0 bridgehead atoms. The van der Waals surface area contributed by atoms with Crippen LogP contribution in [0.4, 0.5) is 8.78 Å². The Morgan fingerprint density at radius 2 is 1.19 bits per heavy atom. The van der Waals surface area contributed by atoms with Gasteiger partial charge in [0.2, 0.25) is 5.91 Å². The van der Waals surface area contributed by atoms with Crippen LogP contribution in [0.5, 0.6) is 0 Å². The maximum atomic E-state index is 14.3. The largest absolute Gasteiger partial charge is 0.481 e. The van der Waals surface area contributed by atoms with Crippen molar-refractivity contribution in [2.45, 2.75) is 100 Å². The number of carbonyl (C=O) groups excluding carboxylic acids is 1. The van der Waals surface area contributed by atoms with Gasteiger partial charge in [-0.2, -0.15) is 8.42 Å². The van der Waals surface area contributed by atoms with E-state index in [0.29, 0.717) is 39.4 Å². The molecule has 4 N–H and O–H groups in total. The minimum atomic E-state index is -4.10. The summed E-state index contributed by atoms with van der Waals surface area (Å²) >= 11 is 0. The van der Waals surface area contributed by atoms with E-state index in [1.807, 2.05) is 27.7 Å². The number of pyridine rings is 2. The zero-order chi connectivity index (χ0) is 45.6. The fraction of sp³-hybridized carbons (Fsp3) is 0.318. The van der Waals surface area contributed by atoms with E-state index in [2.05, 4.69) is 24.7 Å². The number of aliphatic carboxylic acids is 1. The number of primary sulfonamides is 1. The second-order valence-corrected chi connectivity index (χ2v) is 19.1. The number of carboxylic acids is 1. The summed E-state index contributed by atoms with van der Waals surface area (Å²) in [5, 5.41) is 13.8. The van der Waals surface area contributed by atoms with Crippen molar-refractivity contribution in [2.24, 2.45) is 5.14 Å². The first-order chi connectivity index (χ1) is 29.8. The molecule has 19 heteroatoms. The van der Waals surface area contributed by atoms with E-state index in [0.717, 1.165) is 36.8 Å². The number of aromatic nitrogens is 6. The zero-order valence-corrected chi connectivity index (χ0v) is 36.7. The third-order valence-corrected chi connectivity index (χ3v) is 12.3. The van der Waals surface area contributed by atoms with Crippen LogP contribution in [0.1, 0.15) is 99.6 Å². The topological polar surface area (TPSA) is 222 Å². The van der Waals surface area contributed by atoms with Crippen LogP contribution in [-0.2, 0) is 42.5 Å². The van der Waals surface area contributed by atoms with E-state index >= 15 is 0 Å². The highest BCUT2D eigenvalue weighted by Crippen LogP contribution is 2.36. The highest BCUT2D eigenvalue weighted by Gasteiger charge is 2.28. The van der Waals surface area contributed by atoms with Gasteiger partial charge in [-0.3, -0.25) is 19.6 Å².